The van der Waals surface area contributed by atoms with E-state index in [4.69, 9.17) is 24.4 Å². The first-order valence-corrected chi connectivity index (χ1v) is 8.75. The summed E-state index contributed by atoms with van der Waals surface area (Å²) in [5, 5.41) is 33.7. The van der Waals surface area contributed by atoms with Crippen molar-refractivity contribution < 1.29 is 9.85 Å². The van der Waals surface area contributed by atoms with Gasteiger partial charge in [0.1, 0.15) is 0 Å². The molecule has 0 heterocycles. The molecule has 0 atom stereocenters. The van der Waals surface area contributed by atoms with Gasteiger partial charge in [-0.1, -0.05) is 6.07 Å². The van der Waals surface area contributed by atoms with E-state index in [0.29, 0.717) is 34.7 Å². The summed E-state index contributed by atoms with van der Waals surface area (Å²) in [6.07, 6.45) is 0. The van der Waals surface area contributed by atoms with Crippen LogP contribution < -0.4 is 21.3 Å². The van der Waals surface area contributed by atoms with Gasteiger partial charge >= 0.3 is 0 Å². The summed E-state index contributed by atoms with van der Waals surface area (Å²) >= 11 is 10.3. The second-order valence-corrected chi connectivity index (χ2v) is 6.19. The van der Waals surface area contributed by atoms with Crippen molar-refractivity contribution in [1.29, 1.82) is 0 Å². The average molecular weight is 420 g/mol. The highest BCUT2D eigenvalue weighted by molar-refractivity contribution is 7.80. The number of nitrogens with one attached hydrogen (secondary N) is 4. The van der Waals surface area contributed by atoms with Gasteiger partial charge in [-0.15, -0.1) is 0 Å². The van der Waals surface area contributed by atoms with Crippen LogP contribution in [0.1, 0.15) is 0 Å². The van der Waals surface area contributed by atoms with Gasteiger partial charge in [-0.2, -0.15) is 0 Å². The highest BCUT2D eigenvalue weighted by Crippen LogP contribution is 2.17. The molecule has 0 fully saturated rings. The second kappa shape index (κ2) is 10.1. The minimum absolute atomic E-state index is 0.00149. The van der Waals surface area contributed by atoms with Gasteiger partial charge in [0.05, 0.1) is 9.85 Å². The summed E-state index contributed by atoms with van der Waals surface area (Å²) in [4.78, 5) is 20.4. The molecule has 0 aliphatic rings. The first-order valence-electron chi connectivity index (χ1n) is 7.94. The summed E-state index contributed by atoms with van der Waals surface area (Å²) in [5.41, 5.74) is 1.10. The number of rotatable bonds is 7. The van der Waals surface area contributed by atoms with E-state index in [2.05, 4.69) is 21.3 Å². The Balaban J connectivity index is 1.69. The number of nitro groups is 2. The molecule has 0 unspecified atom stereocenters. The maximum atomic E-state index is 10.8. The molecule has 0 saturated heterocycles. The lowest BCUT2D eigenvalue weighted by molar-refractivity contribution is -0.385. The van der Waals surface area contributed by atoms with Crippen molar-refractivity contribution in [1.82, 2.24) is 10.6 Å². The maximum Gasteiger partial charge on any atom is 0.271 e. The van der Waals surface area contributed by atoms with Crippen LogP contribution in [-0.2, 0) is 0 Å². The van der Waals surface area contributed by atoms with Crippen molar-refractivity contribution in [2.24, 2.45) is 0 Å². The van der Waals surface area contributed by atoms with E-state index in [9.17, 15) is 20.2 Å². The summed E-state index contributed by atoms with van der Waals surface area (Å²) < 4.78 is 0. The van der Waals surface area contributed by atoms with Crippen LogP contribution in [0.2, 0.25) is 0 Å². The molecule has 146 valence electrons. The predicted molar refractivity (Wildman–Crippen MR) is 115 cm³/mol. The van der Waals surface area contributed by atoms with Gasteiger partial charge in [0.15, 0.2) is 10.2 Å². The number of benzene rings is 2. The third-order valence-electron chi connectivity index (χ3n) is 3.35. The van der Waals surface area contributed by atoms with Crippen LogP contribution in [0.3, 0.4) is 0 Å². The topological polar surface area (TPSA) is 134 Å². The monoisotopic (exact) mass is 420 g/mol. The Labute approximate surface area is 170 Å². The molecule has 10 nitrogen and oxygen atoms in total. The third kappa shape index (κ3) is 6.74. The third-order valence-corrected chi connectivity index (χ3v) is 3.84. The van der Waals surface area contributed by atoms with Crippen LogP contribution >= 0.6 is 24.4 Å². The molecule has 0 aliphatic heterocycles. The molecule has 0 amide bonds. The largest absolute Gasteiger partial charge is 0.361 e. The zero-order valence-corrected chi connectivity index (χ0v) is 16.0. The molecule has 0 bridgehead atoms. The number of non-ortho nitro benzene ring substituents is 2. The van der Waals surface area contributed by atoms with E-state index >= 15 is 0 Å². The van der Waals surface area contributed by atoms with E-state index in [1.807, 2.05) is 0 Å². The lowest BCUT2D eigenvalue weighted by Gasteiger charge is -2.13. The van der Waals surface area contributed by atoms with Crippen LogP contribution in [0, 0.1) is 20.2 Å². The predicted octanol–water partition coefficient (Wildman–Crippen LogP) is 2.78. The van der Waals surface area contributed by atoms with Gasteiger partial charge in [-0.05, 0) is 42.6 Å². The Morgan fingerprint density at radius 2 is 1.32 bits per heavy atom. The summed E-state index contributed by atoms with van der Waals surface area (Å²) in [6.45, 7) is 0.901. The Hall–Kier alpha value is -3.38. The molecule has 0 saturated carbocycles. The Morgan fingerprint density at radius 3 is 1.86 bits per heavy atom. The summed E-state index contributed by atoms with van der Waals surface area (Å²) in [5.74, 6) is 0. The lowest BCUT2D eigenvalue weighted by Crippen LogP contribution is -2.38. The molecule has 0 aromatic heterocycles. The number of hydrogen-bond donors (Lipinski definition) is 4. The number of anilines is 2. The molecule has 0 radical (unpaired) electrons. The summed E-state index contributed by atoms with van der Waals surface area (Å²) in [6, 6.07) is 11.9. The molecular weight excluding hydrogens is 404 g/mol. The summed E-state index contributed by atoms with van der Waals surface area (Å²) in [7, 11) is 0. The highest BCUT2D eigenvalue weighted by Gasteiger charge is 2.07. The average Bonchev–Trinajstić information content (AvgIpc) is 2.66. The van der Waals surface area contributed by atoms with Crippen LogP contribution in [-0.4, -0.2) is 33.2 Å². The van der Waals surface area contributed by atoms with Crippen molar-refractivity contribution >= 4 is 57.4 Å². The van der Waals surface area contributed by atoms with Crippen molar-refractivity contribution in [3.05, 3.63) is 68.8 Å². The van der Waals surface area contributed by atoms with Crippen LogP contribution in [0.25, 0.3) is 0 Å². The van der Waals surface area contributed by atoms with E-state index in [-0.39, 0.29) is 11.4 Å². The van der Waals surface area contributed by atoms with Crippen molar-refractivity contribution in [2.75, 3.05) is 23.7 Å². The van der Waals surface area contributed by atoms with E-state index < -0.39 is 9.85 Å². The standard InChI is InChI=1S/C16H16N6O4S2/c23-21(24)13-6-4-11(5-7-13)19-15(27)17-8-9-18-16(28)20-12-2-1-3-14(10-12)22(25)26/h1-7,10H,8-9H2,(H2,17,19,27)(H2,18,20,28). The van der Waals surface area contributed by atoms with Crippen LogP contribution in [0.5, 0.6) is 0 Å². The second-order valence-electron chi connectivity index (χ2n) is 5.37. The normalized spacial score (nSPS) is 9.86. The molecule has 0 spiro atoms. The molecular formula is C16H16N6O4S2. The number of nitrogens with zero attached hydrogens (tertiary/aromatic N) is 2. The molecule has 2 aromatic carbocycles. The Kier molecular flexibility index (Phi) is 7.54. The number of hydrogen-bond acceptors (Lipinski definition) is 6. The highest BCUT2D eigenvalue weighted by atomic mass is 32.1. The zero-order valence-electron chi connectivity index (χ0n) is 14.4. The van der Waals surface area contributed by atoms with Crippen LogP contribution in [0.4, 0.5) is 22.7 Å². The fourth-order valence-electron chi connectivity index (χ4n) is 2.07. The molecule has 2 aromatic rings. The Bertz CT molecular complexity index is 891. The minimum atomic E-state index is -0.482. The maximum absolute atomic E-state index is 10.8. The smallest absolute Gasteiger partial charge is 0.271 e. The van der Waals surface area contributed by atoms with Gasteiger partial charge in [-0.25, -0.2) is 0 Å². The molecule has 28 heavy (non-hydrogen) atoms. The number of thiocarbonyl (C=S) groups is 2. The quantitative estimate of drug-likeness (QED) is 0.229. The number of nitro benzene ring substituents is 2. The van der Waals surface area contributed by atoms with Gasteiger partial charge in [-0.3, -0.25) is 20.2 Å². The molecule has 2 rings (SSSR count). The Morgan fingerprint density at radius 1 is 0.786 bits per heavy atom. The zero-order chi connectivity index (χ0) is 20.5. The van der Waals surface area contributed by atoms with Crippen LogP contribution in [0.15, 0.2) is 48.5 Å². The fourth-order valence-corrected chi connectivity index (χ4v) is 2.51. The van der Waals surface area contributed by atoms with Crippen molar-refractivity contribution in [3.63, 3.8) is 0 Å². The van der Waals surface area contributed by atoms with Crippen molar-refractivity contribution in [2.45, 2.75) is 0 Å². The molecule has 4 N–H and O–H groups in total. The lowest BCUT2D eigenvalue weighted by atomic mass is 10.3. The molecule has 0 aliphatic carbocycles. The van der Waals surface area contributed by atoms with Gasteiger partial charge < -0.3 is 21.3 Å². The van der Waals surface area contributed by atoms with E-state index in [1.165, 1.54) is 24.3 Å². The van der Waals surface area contributed by atoms with Gasteiger partial charge in [0.25, 0.3) is 11.4 Å². The SMILES string of the molecule is O=[N+]([O-])c1ccc(NC(=S)NCCNC(=S)Nc2cccc([N+](=O)[O-])c2)cc1. The van der Waals surface area contributed by atoms with Crippen molar-refractivity contribution in [3.8, 4) is 0 Å². The molecule has 12 heteroatoms. The van der Waals surface area contributed by atoms with E-state index in [0.717, 1.165) is 0 Å². The fraction of sp³-hybridized carbons (Fsp3) is 0.125. The minimum Gasteiger partial charge on any atom is -0.361 e. The van der Waals surface area contributed by atoms with Gasteiger partial charge in [0.2, 0.25) is 0 Å². The first-order chi connectivity index (χ1) is 13.3. The first kappa shape index (κ1) is 20.9. The van der Waals surface area contributed by atoms with E-state index in [1.54, 1.807) is 24.3 Å². The van der Waals surface area contributed by atoms with Gasteiger partial charge in [0, 0.05) is 48.7 Å².